The van der Waals surface area contributed by atoms with Gasteiger partial charge in [0.1, 0.15) is 13.2 Å². The van der Waals surface area contributed by atoms with Crippen molar-refractivity contribution in [3.05, 3.63) is 83.0 Å². The molecule has 0 bridgehead atoms. The highest BCUT2D eigenvalue weighted by Crippen LogP contribution is 2.39. The highest BCUT2D eigenvalue weighted by Gasteiger charge is 2.25. The lowest BCUT2D eigenvalue weighted by Crippen LogP contribution is -2.39. The summed E-state index contributed by atoms with van der Waals surface area (Å²) >= 11 is 6.17. The van der Waals surface area contributed by atoms with Gasteiger partial charge >= 0.3 is 0 Å². The minimum atomic E-state index is -0.466. The molecule has 2 heterocycles. The molecule has 3 aromatic carbocycles. The summed E-state index contributed by atoms with van der Waals surface area (Å²) < 4.78 is 11.6. The number of para-hydroxylation sites is 1. The smallest absolute Gasteiger partial charge is 0.255 e. The van der Waals surface area contributed by atoms with E-state index in [-0.39, 0.29) is 12.5 Å². The first-order valence-electron chi connectivity index (χ1n) is 10.8. The van der Waals surface area contributed by atoms with Gasteiger partial charge in [-0.2, -0.15) is 0 Å². The van der Waals surface area contributed by atoms with E-state index in [9.17, 15) is 9.90 Å². The predicted octanol–water partition coefficient (Wildman–Crippen LogP) is 4.59. The number of amides is 1. The number of benzene rings is 3. The number of aliphatic hydroxyl groups excluding tert-OH is 1. The Morgan fingerprint density at radius 2 is 1.91 bits per heavy atom. The molecule has 1 amide bonds. The summed E-state index contributed by atoms with van der Waals surface area (Å²) in [5, 5.41) is 14.6. The fourth-order valence-corrected chi connectivity index (χ4v) is 4.34. The van der Waals surface area contributed by atoms with Crippen molar-refractivity contribution in [1.29, 1.82) is 0 Å². The number of carbonyl (C=O) groups is 1. The van der Waals surface area contributed by atoms with E-state index in [2.05, 4.69) is 10.3 Å². The maximum atomic E-state index is 13.3. The van der Waals surface area contributed by atoms with Crippen molar-refractivity contribution in [1.82, 2.24) is 10.3 Å². The molecule has 1 aliphatic heterocycles. The van der Waals surface area contributed by atoms with E-state index in [4.69, 9.17) is 21.1 Å². The molecule has 0 saturated carbocycles. The molecule has 7 heteroatoms. The van der Waals surface area contributed by atoms with Crippen LogP contribution in [0.5, 0.6) is 11.5 Å². The molecule has 4 aromatic rings. The zero-order valence-electron chi connectivity index (χ0n) is 17.8. The van der Waals surface area contributed by atoms with E-state index in [0.717, 1.165) is 27.6 Å². The lowest BCUT2D eigenvalue weighted by atomic mass is 10.00. The summed E-state index contributed by atoms with van der Waals surface area (Å²) in [4.78, 5) is 16.6. The Balaban J connectivity index is 1.44. The Kier molecular flexibility index (Phi) is 5.94. The van der Waals surface area contributed by atoms with Crippen LogP contribution in [0.15, 0.2) is 66.9 Å². The zero-order valence-corrected chi connectivity index (χ0v) is 18.6. The van der Waals surface area contributed by atoms with Crippen molar-refractivity contribution >= 4 is 28.4 Å². The van der Waals surface area contributed by atoms with Crippen molar-refractivity contribution in [3.63, 3.8) is 0 Å². The van der Waals surface area contributed by atoms with Crippen LogP contribution in [0.4, 0.5) is 0 Å². The number of hydrogen-bond acceptors (Lipinski definition) is 4. The molecule has 3 N–H and O–H groups in total. The maximum Gasteiger partial charge on any atom is 0.255 e. The van der Waals surface area contributed by atoms with Crippen LogP contribution in [-0.2, 0) is 6.42 Å². The number of nitrogens with one attached hydrogen (secondary N) is 2. The first-order chi connectivity index (χ1) is 16.1. The summed E-state index contributed by atoms with van der Waals surface area (Å²) in [5.41, 5.74) is 4.07. The Hall–Kier alpha value is -3.48. The number of carbonyl (C=O) groups excluding carboxylic acids is 1. The normalized spacial score (nSPS) is 13.6. The minimum Gasteiger partial charge on any atom is -0.486 e. The van der Waals surface area contributed by atoms with Gasteiger partial charge in [0.15, 0.2) is 11.5 Å². The van der Waals surface area contributed by atoms with E-state index in [0.29, 0.717) is 41.7 Å². The SMILES string of the molecule is O=C(NC(CO)Cc1c[nH]c2ccccc12)c1cc(-c2cccc(Cl)c2)cc2c1OCCO2. The Morgan fingerprint density at radius 3 is 2.76 bits per heavy atom. The number of fused-ring (bicyclic) bond motifs is 2. The molecule has 5 rings (SSSR count). The second-order valence-electron chi connectivity index (χ2n) is 7.97. The Bertz CT molecular complexity index is 1320. The van der Waals surface area contributed by atoms with Gasteiger partial charge in [-0.25, -0.2) is 0 Å². The first-order valence-corrected chi connectivity index (χ1v) is 11.2. The molecule has 6 nitrogen and oxygen atoms in total. The Morgan fingerprint density at radius 1 is 1.06 bits per heavy atom. The van der Waals surface area contributed by atoms with Gasteiger partial charge < -0.3 is 24.9 Å². The molecule has 1 aliphatic rings. The van der Waals surface area contributed by atoms with Crippen LogP contribution in [0.2, 0.25) is 5.02 Å². The lowest BCUT2D eigenvalue weighted by molar-refractivity contribution is 0.0906. The molecule has 33 heavy (non-hydrogen) atoms. The summed E-state index contributed by atoms with van der Waals surface area (Å²) in [5.74, 6) is 0.592. The van der Waals surface area contributed by atoms with Gasteiger partial charge in [0, 0.05) is 22.1 Å². The molecule has 0 saturated heterocycles. The number of aliphatic hydroxyl groups is 1. The molecule has 0 fully saturated rings. The van der Waals surface area contributed by atoms with E-state index < -0.39 is 6.04 Å². The number of halogens is 1. The number of H-pyrrole nitrogens is 1. The van der Waals surface area contributed by atoms with Crippen molar-refractivity contribution in [2.75, 3.05) is 19.8 Å². The molecule has 1 unspecified atom stereocenters. The highest BCUT2D eigenvalue weighted by molar-refractivity contribution is 6.30. The molecule has 1 atom stereocenters. The number of ether oxygens (including phenoxy) is 2. The second kappa shape index (κ2) is 9.17. The third kappa shape index (κ3) is 4.40. The minimum absolute atomic E-state index is 0.196. The average Bonchev–Trinajstić information content (AvgIpc) is 3.25. The van der Waals surface area contributed by atoms with Crippen molar-refractivity contribution in [2.24, 2.45) is 0 Å². The van der Waals surface area contributed by atoms with Gasteiger partial charge in [0.05, 0.1) is 18.2 Å². The van der Waals surface area contributed by atoms with E-state index in [1.54, 1.807) is 12.1 Å². The summed E-state index contributed by atoms with van der Waals surface area (Å²) in [6.07, 6.45) is 2.40. The summed E-state index contributed by atoms with van der Waals surface area (Å²) in [7, 11) is 0. The number of hydrogen-bond donors (Lipinski definition) is 3. The van der Waals surface area contributed by atoms with E-state index in [1.807, 2.05) is 54.7 Å². The van der Waals surface area contributed by atoms with Gasteiger partial charge in [0.2, 0.25) is 0 Å². The standard InChI is InChI=1S/C26H23ClN2O4/c27-19-5-3-4-16(10-19)17-12-22(25-24(13-17)32-8-9-33-25)26(31)29-20(15-30)11-18-14-28-23-7-2-1-6-21(18)23/h1-7,10,12-14,20,28,30H,8-9,11,15H2,(H,29,31). The Labute approximate surface area is 196 Å². The molecule has 0 radical (unpaired) electrons. The van der Waals surface area contributed by atoms with Crippen LogP contribution in [0.1, 0.15) is 15.9 Å². The molecule has 1 aromatic heterocycles. The van der Waals surface area contributed by atoms with Crippen molar-refractivity contribution in [3.8, 4) is 22.6 Å². The maximum absolute atomic E-state index is 13.3. The first kappa shape index (κ1) is 21.4. The van der Waals surface area contributed by atoms with Crippen LogP contribution < -0.4 is 14.8 Å². The molecule has 168 valence electrons. The van der Waals surface area contributed by atoms with E-state index in [1.165, 1.54) is 0 Å². The zero-order chi connectivity index (χ0) is 22.8. The average molecular weight is 463 g/mol. The van der Waals surface area contributed by atoms with Crippen molar-refractivity contribution in [2.45, 2.75) is 12.5 Å². The van der Waals surface area contributed by atoms with Gasteiger partial charge in [-0.1, -0.05) is 41.9 Å². The lowest BCUT2D eigenvalue weighted by Gasteiger charge is -2.23. The van der Waals surface area contributed by atoms with Gasteiger partial charge in [-0.3, -0.25) is 4.79 Å². The van der Waals surface area contributed by atoms with Crippen LogP contribution in [-0.4, -0.2) is 41.9 Å². The fraction of sp³-hybridized carbons (Fsp3) is 0.192. The fourth-order valence-electron chi connectivity index (χ4n) is 4.15. The van der Waals surface area contributed by atoms with Gasteiger partial charge in [0.25, 0.3) is 5.91 Å². The molecular formula is C26H23ClN2O4. The molecule has 0 spiro atoms. The largest absolute Gasteiger partial charge is 0.486 e. The number of rotatable bonds is 6. The quantitative estimate of drug-likeness (QED) is 0.391. The monoisotopic (exact) mass is 462 g/mol. The number of aromatic nitrogens is 1. The van der Waals surface area contributed by atoms with Crippen LogP contribution in [0.3, 0.4) is 0 Å². The summed E-state index contributed by atoms with van der Waals surface area (Å²) in [6, 6.07) is 18.5. The molecule has 0 aliphatic carbocycles. The summed E-state index contributed by atoms with van der Waals surface area (Å²) in [6.45, 7) is 0.578. The third-order valence-corrected chi connectivity index (χ3v) is 5.98. The van der Waals surface area contributed by atoms with Crippen LogP contribution in [0, 0.1) is 0 Å². The third-order valence-electron chi connectivity index (χ3n) is 5.74. The molecular weight excluding hydrogens is 440 g/mol. The van der Waals surface area contributed by atoms with Crippen LogP contribution >= 0.6 is 11.6 Å². The van der Waals surface area contributed by atoms with Crippen molar-refractivity contribution < 1.29 is 19.4 Å². The van der Waals surface area contributed by atoms with E-state index >= 15 is 0 Å². The van der Waals surface area contributed by atoms with Gasteiger partial charge in [-0.05, 0) is 53.4 Å². The number of aromatic amines is 1. The van der Waals surface area contributed by atoms with Gasteiger partial charge in [-0.15, -0.1) is 0 Å². The van der Waals surface area contributed by atoms with Crippen LogP contribution in [0.25, 0.3) is 22.0 Å². The highest BCUT2D eigenvalue weighted by atomic mass is 35.5. The topological polar surface area (TPSA) is 83.6 Å². The second-order valence-corrected chi connectivity index (χ2v) is 8.41. The predicted molar refractivity (Wildman–Crippen MR) is 128 cm³/mol.